The quantitative estimate of drug-likeness (QED) is 0.461. The van der Waals surface area contributed by atoms with Crippen molar-refractivity contribution in [1.29, 1.82) is 0 Å². The summed E-state index contributed by atoms with van der Waals surface area (Å²) in [7, 11) is 0. The second-order valence-corrected chi connectivity index (χ2v) is 9.92. The molecule has 0 aliphatic rings. The van der Waals surface area contributed by atoms with Crippen LogP contribution in [0.25, 0.3) is 12.2 Å². The van der Waals surface area contributed by atoms with Crippen molar-refractivity contribution < 1.29 is 4.79 Å². The summed E-state index contributed by atoms with van der Waals surface area (Å²) in [6, 6.07) is 15.1. The largest absolute Gasteiger partial charge is 0.289 e. The summed E-state index contributed by atoms with van der Waals surface area (Å²) in [6.07, 6.45) is 3.94. The first-order chi connectivity index (χ1) is 12.9. The molecule has 0 saturated carbocycles. The number of hydrogen-bond acceptors (Lipinski definition) is 1. The number of benzene rings is 2. The molecule has 0 aliphatic carbocycles. The fourth-order valence-electron chi connectivity index (χ4n) is 2.84. The van der Waals surface area contributed by atoms with E-state index in [4.69, 9.17) is 23.2 Å². The van der Waals surface area contributed by atoms with Crippen LogP contribution >= 0.6 is 23.2 Å². The van der Waals surface area contributed by atoms with E-state index < -0.39 is 0 Å². The van der Waals surface area contributed by atoms with Crippen LogP contribution in [0.5, 0.6) is 0 Å². The molecule has 1 nitrogen and oxygen atoms in total. The van der Waals surface area contributed by atoms with Crippen molar-refractivity contribution in [3.63, 3.8) is 0 Å². The minimum Gasteiger partial charge on any atom is -0.289 e. The van der Waals surface area contributed by atoms with Gasteiger partial charge in [0.15, 0.2) is 5.78 Å². The number of carbonyl (C=O) groups excluding carboxylic acids is 1. The minimum atomic E-state index is -0.305. The minimum absolute atomic E-state index is 0.0601. The first-order valence-electron chi connectivity index (χ1n) is 9.38. The monoisotopic (exact) mass is 414 g/mol. The molecule has 2 aromatic rings. The molecule has 0 radical (unpaired) electrons. The molecule has 148 valence electrons. The highest BCUT2D eigenvalue weighted by atomic mass is 35.5. The molecule has 0 N–H and O–H groups in total. The van der Waals surface area contributed by atoms with Gasteiger partial charge in [0.2, 0.25) is 0 Å². The van der Waals surface area contributed by atoms with Crippen LogP contribution in [-0.4, -0.2) is 5.78 Å². The summed E-state index contributed by atoms with van der Waals surface area (Å²) in [6.45, 7) is 12.4. The Balaban J connectivity index is 2.57. The number of ketones is 1. The van der Waals surface area contributed by atoms with Crippen molar-refractivity contribution in [3.05, 3.63) is 80.8 Å². The van der Waals surface area contributed by atoms with E-state index in [0.29, 0.717) is 10.0 Å². The molecule has 28 heavy (non-hydrogen) atoms. The molecule has 0 aromatic heterocycles. The Kier molecular flexibility index (Phi) is 6.96. The second kappa shape index (κ2) is 8.68. The van der Waals surface area contributed by atoms with Gasteiger partial charge >= 0.3 is 0 Å². The maximum Gasteiger partial charge on any atom is 0.186 e. The van der Waals surface area contributed by atoms with Gasteiger partial charge in [-0.3, -0.25) is 4.79 Å². The number of Topliss-reactive ketones (excluding diaryl/α,β-unsaturated/α-hetero) is 1. The Morgan fingerprint density at radius 1 is 0.643 bits per heavy atom. The van der Waals surface area contributed by atoms with E-state index in [2.05, 4.69) is 41.5 Å². The number of carbonyl (C=O) groups is 1. The fraction of sp³-hybridized carbons (Fsp3) is 0.320. The van der Waals surface area contributed by atoms with Crippen molar-refractivity contribution in [1.82, 2.24) is 0 Å². The summed E-state index contributed by atoms with van der Waals surface area (Å²) in [4.78, 5) is 13.7. The fourth-order valence-corrected chi connectivity index (χ4v) is 3.09. The summed E-state index contributed by atoms with van der Waals surface area (Å²) in [5.41, 5.74) is 2.85. The first kappa shape index (κ1) is 22.5. The highest BCUT2D eigenvalue weighted by molar-refractivity contribution is 6.30. The third kappa shape index (κ3) is 6.09. The van der Waals surface area contributed by atoms with Crippen LogP contribution in [0.2, 0.25) is 10.0 Å². The Labute approximate surface area is 179 Å². The van der Waals surface area contributed by atoms with Crippen LogP contribution in [0, 0.1) is 10.8 Å². The topological polar surface area (TPSA) is 17.1 Å². The molecule has 0 atom stereocenters. The maximum absolute atomic E-state index is 13.7. The van der Waals surface area contributed by atoms with Gasteiger partial charge < -0.3 is 0 Å². The lowest BCUT2D eigenvalue weighted by atomic mass is 9.74. The molecule has 2 rings (SSSR count). The number of hydrogen-bond donors (Lipinski definition) is 0. The number of halogens is 2. The zero-order valence-electron chi connectivity index (χ0n) is 17.4. The number of rotatable bonds is 4. The van der Waals surface area contributed by atoms with Gasteiger partial charge in [-0.25, -0.2) is 0 Å². The van der Waals surface area contributed by atoms with E-state index in [9.17, 15) is 4.79 Å². The van der Waals surface area contributed by atoms with E-state index in [1.165, 1.54) is 0 Å². The molecular weight excluding hydrogens is 387 g/mol. The molecule has 3 heteroatoms. The van der Waals surface area contributed by atoms with Crippen molar-refractivity contribution in [3.8, 4) is 0 Å². The second-order valence-electron chi connectivity index (χ2n) is 9.05. The first-order valence-corrected chi connectivity index (χ1v) is 10.1. The van der Waals surface area contributed by atoms with Crippen LogP contribution in [0.3, 0.4) is 0 Å². The Bertz CT molecular complexity index is 812. The molecule has 0 heterocycles. The van der Waals surface area contributed by atoms with Crippen LogP contribution in [0.4, 0.5) is 0 Å². The Hall–Kier alpha value is -1.83. The molecule has 0 saturated heterocycles. The van der Waals surface area contributed by atoms with Crippen LogP contribution in [0.1, 0.15) is 52.7 Å². The predicted octanol–water partition coefficient (Wildman–Crippen LogP) is 8.12. The average Bonchev–Trinajstić information content (AvgIpc) is 2.58. The summed E-state index contributed by atoms with van der Waals surface area (Å²) >= 11 is 12.0. The van der Waals surface area contributed by atoms with Crippen LogP contribution < -0.4 is 0 Å². The predicted molar refractivity (Wildman–Crippen MR) is 123 cm³/mol. The van der Waals surface area contributed by atoms with Gasteiger partial charge in [0.05, 0.1) is 0 Å². The lowest BCUT2D eigenvalue weighted by Crippen LogP contribution is -2.25. The van der Waals surface area contributed by atoms with Crippen LogP contribution in [0.15, 0.2) is 59.7 Å². The van der Waals surface area contributed by atoms with Gasteiger partial charge in [0, 0.05) is 21.2 Å². The summed E-state index contributed by atoms with van der Waals surface area (Å²) in [5, 5.41) is 1.36. The zero-order valence-corrected chi connectivity index (χ0v) is 18.9. The van der Waals surface area contributed by atoms with E-state index in [1.807, 2.05) is 60.7 Å². The van der Waals surface area contributed by atoms with Crippen molar-refractivity contribution in [2.45, 2.75) is 41.5 Å². The third-order valence-corrected chi connectivity index (χ3v) is 4.97. The van der Waals surface area contributed by atoms with Crippen molar-refractivity contribution >= 4 is 41.1 Å². The molecular formula is C25H28Cl2O. The SMILES string of the molecule is CC(C)(C)C(=Cc1ccc(Cl)cc1)C(=O)C(=Cc1ccc(Cl)cc1)C(C)(C)C. The van der Waals surface area contributed by atoms with Gasteiger partial charge in [-0.1, -0.05) is 89.0 Å². The molecule has 2 aromatic carbocycles. The molecule has 0 fully saturated rings. The van der Waals surface area contributed by atoms with Crippen molar-refractivity contribution in [2.75, 3.05) is 0 Å². The van der Waals surface area contributed by atoms with Gasteiger partial charge in [0.25, 0.3) is 0 Å². The van der Waals surface area contributed by atoms with E-state index in [0.717, 1.165) is 22.3 Å². The lowest BCUT2D eigenvalue weighted by molar-refractivity contribution is -0.113. The molecule has 0 bridgehead atoms. The summed E-state index contributed by atoms with van der Waals surface area (Å²) in [5.74, 6) is 0.0601. The molecule has 0 spiro atoms. The van der Waals surface area contributed by atoms with E-state index in [1.54, 1.807) is 0 Å². The van der Waals surface area contributed by atoms with Gasteiger partial charge in [0.1, 0.15) is 0 Å². The maximum atomic E-state index is 13.7. The zero-order chi connectivity index (χ0) is 21.1. The van der Waals surface area contributed by atoms with Crippen molar-refractivity contribution in [2.24, 2.45) is 10.8 Å². The van der Waals surface area contributed by atoms with Gasteiger partial charge in [-0.05, 0) is 58.4 Å². The molecule has 0 amide bonds. The molecule has 0 unspecified atom stereocenters. The molecule has 0 aliphatic heterocycles. The summed E-state index contributed by atoms with van der Waals surface area (Å²) < 4.78 is 0. The Morgan fingerprint density at radius 3 is 1.18 bits per heavy atom. The highest BCUT2D eigenvalue weighted by Gasteiger charge is 2.31. The average molecular weight is 415 g/mol. The van der Waals surface area contributed by atoms with Crippen LogP contribution in [-0.2, 0) is 4.79 Å². The highest BCUT2D eigenvalue weighted by Crippen LogP contribution is 2.36. The van der Waals surface area contributed by atoms with Gasteiger partial charge in [-0.2, -0.15) is 0 Å². The number of allylic oxidation sites excluding steroid dienone is 2. The third-order valence-electron chi connectivity index (χ3n) is 4.47. The smallest absolute Gasteiger partial charge is 0.186 e. The van der Waals surface area contributed by atoms with Gasteiger partial charge in [-0.15, -0.1) is 0 Å². The van der Waals surface area contributed by atoms with E-state index >= 15 is 0 Å². The standard InChI is InChI=1S/C25H28Cl2O/c1-24(2,3)21(15-17-7-11-19(26)12-8-17)23(28)22(25(4,5)6)16-18-9-13-20(27)14-10-18/h7-16H,1-6H3. The lowest BCUT2D eigenvalue weighted by Gasteiger charge is -2.28. The van der Waals surface area contributed by atoms with E-state index in [-0.39, 0.29) is 16.6 Å². The normalized spacial score (nSPS) is 13.6. The Morgan fingerprint density at radius 2 is 0.929 bits per heavy atom.